The summed E-state index contributed by atoms with van der Waals surface area (Å²) in [5.41, 5.74) is 5.03. The molecule has 0 radical (unpaired) electrons. The van der Waals surface area contributed by atoms with Crippen molar-refractivity contribution in [2.75, 3.05) is 13.2 Å². The molecule has 0 unspecified atom stereocenters. The lowest BCUT2D eigenvalue weighted by Crippen LogP contribution is -2.31. The minimum atomic E-state index is 0.579. The van der Waals surface area contributed by atoms with Crippen LogP contribution in [0.2, 0.25) is 0 Å². The van der Waals surface area contributed by atoms with Crippen LogP contribution in [0, 0.1) is 0 Å². The predicted octanol–water partition coefficient (Wildman–Crippen LogP) is 2.74. The molecular weight excluding hydrogens is 274 g/mol. The van der Waals surface area contributed by atoms with Gasteiger partial charge in [-0.15, -0.1) is 6.58 Å². The van der Waals surface area contributed by atoms with Crippen LogP contribution in [0.15, 0.2) is 49.4 Å². The van der Waals surface area contributed by atoms with Gasteiger partial charge in [0.15, 0.2) is 0 Å². The molecule has 0 aliphatic carbocycles. The quantitative estimate of drug-likeness (QED) is 0.607. The molecule has 4 heteroatoms. The number of ether oxygens (including phenoxy) is 1. The molecule has 3 heterocycles. The lowest BCUT2D eigenvalue weighted by molar-refractivity contribution is 0.147. The van der Waals surface area contributed by atoms with Crippen molar-refractivity contribution in [2.45, 2.75) is 26.1 Å². The van der Waals surface area contributed by atoms with Crippen molar-refractivity contribution in [1.82, 2.24) is 14.9 Å². The van der Waals surface area contributed by atoms with E-state index in [9.17, 15) is 0 Å². The third-order valence-corrected chi connectivity index (χ3v) is 3.91. The molecule has 4 nitrogen and oxygen atoms in total. The fourth-order valence-electron chi connectivity index (χ4n) is 2.86. The van der Waals surface area contributed by atoms with Crippen LogP contribution >= 0.6 is 0 Å². The third-order valence-electron chi connectivity index (χ3n) is 3.91. The van der Waals surface area contributed by atoms with Crippen LogP contribution in [-0.4, -0.2) is 28.0 Å². The van der Waals surface area contributed by atoms with Crippen molar-refractivity contribution < 1.29 is 4.74 Å². The maximum absolute atomic E-state index is 5.58. The largest absolute Gasteiger partial charge is 0.373 e. The van der Waals surface area contributed by atoms with Gasteiger partial charge in [-0.25, -0.2) is 0 Å². The molecular formula is C18H21N3O. The van der Waals surface area contributed by atoms with E-state index in [0.717, 1.165) is 31.7 Å². The summed E-state index contributed by atoms with van der Waals surface area (Å²) in [6.07, 6.45) is 8.58. The molecule has 0 fully saturated rings. The van der Waals surface area contributed by atoms with Crippen LogP contribution < -0.4 is 0 Å². The van der Waals surface area contributed by atoms with E-state index in [0.29, 0.717) is 13.2 Å². The van der Waals surface area contributed by atoms with Crippen molar-refractivity contribution in [3.8, 4) is 0 Å². The summed E-state index contributed by atoms with van der Waals surface area (Å²) in [5, 5.41) is 0. The second-order valence-electron chi connectivity index (χ2n) is 5.52. The molecule has 2 aromatic heterocycles. The van der Waals surface area contributed by atoms with Gasteiger partial charge in [0.1, 0.15) is 0 Å². The number of pyridine rings is 2. The average molecular weight is 295 g/mol. The Hall–Kier alpha value is -2.04. The number of hydrogen-bond donors (Lipinski definition) is 0. The van der Waals surface area contributed by atoms with Crippen LogP contribution in [0.5, 0.6) is 0 Å². The zero-order chi connectivity index (χ0) is 15.2. The first-order chi connectivity index (χ1) is 10.9. The van der Waals surface area contributed by atoms with Gasteiger partial charge in [-0.3, -0.25) is 14.9 Å². The van der Waals surface area contributed by atoms with E-state index in [2.05, 4.69) is 27.5 Å². The molecule has 3 rings (SSSR count). The van der Waals surface area contributed by atoms with E-state index in [1.54, 1.807) is 6.08 Å². The Morgan fingerprint density at radius 2 is 2.27 bits per heavy atom. The second-order valence-corrected chi connectivity index (χ2v) is 5.52. The monoisotopic (exact) mass is 295 g/mol. The Kier molecular flexibility index (Phi) is 4.93. The van der Waals surface area contributed by atoms with Crippen LogP contribution in [0.3, 0.4) is 0 Å². The molecule has 114 valence electrons. The molecule has 0 bridgehead atoms. The van der Waals surface area contributed by atoms with Gasteiger partial charge in [0.2, 0.25) is 0 Å². The van der Waals surface area contributed by atoms with Crippen LogP contribution in [-0.2, 0) is 30.9 Å². The molecule has 1 aliphatic rings. The molecule has 0 saturated heterocycles. The summed E-state index contributed by atoms with van der Waals surface area (Å²) in [6, 6.07) is 6.07. The summed E-state index contributed by atoms with van der Waals surface area (Å²) in [5.74, 6) is 0. The van der Waals surface area contributed by atoms with Crippen LogP contribution in [0.1, 0.15) is 22.4 Å². The Labute approximate surface area is 131 Å². The summed E-state index contributed by atoms with van der Waals surface area (Å²) >= 11 is 0. The summed E-state index contributed by atoms with van der Waals surface area (Å²) < 4.78 is 5.58. The lowest BCUT2D eigenvalue weighted by atomic mass is 9.97. The normalized spacial score (nSPS) is 14.5. The Morgan fingerprint density at radius 3 is 3.09 bits per heavy atom. The van der Waals surface area contributed by atoms with Crippen molar-refractivity contribution in [1.29, 1.82) is 0 Å². The van der Waals surface area contributed by atoms with Gasteiger partial charge in [-0.1, -0.05) is 12.1 Å². The van der Waals surface area contributed by atoms with E-state index in [1.807, 2.05) is 30.7 Å². The van der Waals surface area contributed by atoms with Gasteiger partial charge in [0.25, 0.3) is 0 Å². The molecule has 0 atom stereocenters. The Balaban J connectivity index is 1.68. The topological polar surface area (TPSA) is 38.2 Å². The smallest absolute Gasteiger partial charge is 0.0738 e. The van der Waals surface area contributed by atoms with Crippen LogP contribution in [0.4, 0.5) is 0 Å². The number of hydrogen-bond acceptors (Lipinski definition) is 4. The second kappa shape index (κ2) is 7.29. The zero-order valence-electron chi connectivity index (χ0n) is 12.7. The van der Waals surface area contributed by atoms with Gasteiger partial charge in [0, 0.05) is 38.2 Å². The highest BCUT2D eigenvalue weighted by Gasteiger charge is 2.19. The van der Waals surface area contributed by atoms with Crippen molar-refractivity contribution in [3.05, 3.63) is 71.8 Å². The first-order valence-corrected chi connectivity index (χ1v) is 7.62. The Bertz CT molecular complexity index is 627. The van der Waals surface area contributed by atoms with E-state index >= 15 is 0 Å². The third kappa shape index (κ3) is 3.59. The number of fused-ring (bicyclic) bond motifs is 1. The highest BCUT2D eigenvalue weighted by Crippen LogP contribution is 2.23. The number of rotatable bonds is 6. The summed E-state index contributed by atoms with van der Waals surface area (Å²) in [4.78, 5) is 11.2. The zero-order valence-corrected chi connectivity index (χ0v) is 12.7. The van der Waals surface area contributed by atoms with Crippen LogP contribution in [0.25, 0.3) is 0 Å². The van der Waals surface area contributed by atoms with Gasteiger partial charge in [0.05, 0.1) is 18.9 Å². The number of nitrogens with zero attached hydrogens (tertiary/aromatic N) is 3. The highest BCUT2D eigenvalue weighted by molar-refractivity contribution is 5.33. The van der Waals surface area contributed by atoms with E-state index in [4.69, 9.17) is 4.74 Å². The molecule has 1 aliphatic heterocycles. The van der Waals surface area contributed by atoms with Crippen molar-refractivity contribution >= 4 is 0 Å². The predicted molar refractivity (Wildman–Crippen MR) is 86.1 cm³/mol. The maximum atomic E-state index is 5.58. The lowest BCUT2D eigenvalue weighted by Gasteiger charge is -2.29. The highest BCUT2D eigenvalue weighted by atomic mass is 16.5. The first kappa shape index (κ1) is 14.9. The van der Waals surface area contributed by atoms with Gasteiger partial charge in [-0.05, 0) is 35.2 Å². The molecule has 0 aromatic carbocycles. The SMILES string of the molecule is C=CCOCc1cncc2c1CCN(Cc1ccccn1)C2. The minimum Gasteiger partial charge on any atom is -0.373 e. The molecule has 0 amide bonds. The van der Waals surface area contributed by atoms with E-state index in [-0.39, 0.29) is 0 Å². The summed E-state index contributed by atoms with van der Waals surface area (Å²) in [7, 11) is 0. The molecule has 22 heavy (non-hydrogen) atoms. The summed E-state index contributed by atoms with van der Waals surface area (Å²) in [6.45, 7) is 7.72. The minimum absolute atomic E-state index is 0.579. The fraction of sp³-hybridized carbons (Fsp3) is 0.333. The molecule has 0 saturated carbocycles. The Morgan fingerprint density at radius 1 is 1.32 bits per heavy atom. The van der Waals surface area contributed by atoms with Crippen molar-refractivity contribution in [3.63, 3.8) is 0 Å². The fourth-order valence-corrected chi connectivity index (χ4v) is 2.86. The molecule has 0 spiro atoms. The number of aromatic nitrogens is 2. The van der Waals surface area contributed by atoms with Gasteiger partial charge < -0.3 is 4.74 Å². The van der Waals surface area contributed by atoms with Crippen molar-refractivity contribution in [2.24, 2.45) is 0 Å². The van der Waals surface area contributed by atoms with Gasteiger partial charge >= 0.3 is 0 Å². The van der Waals surface area contributed by atoms with E-state index < -0.39 is 0 Å². The van der Waals surface area contributed by atoms with E-state index in [1.165, 1.54) is 16.7 Å². The standard InChI is InChI=1S/C18H21N3O/c1-2-9-22-14-16-11-19-10-15-12-21(8-6-18(15)16)13-17-5-3-4-7-20-17/h2-5,7,10-11H,1,6,8-9,12-14H2. The van der Waals surface area contributed by atoms with Gasteiger partial charge in [-0.2, -0.15) is 0 Å². The average Bonchev–Trinajstić information content (AvgIpc) is 2.56. The molecule has 2 aromatic rings. The maximum Gasteiger partial charge on any atom is 0.0738 e. The first-order valence-electron chi connectivity index (χ1n) is 7.62. The molecule has 0 N–H and O–H groups in total.